The van der Waals surface area contributed by atoms with Gasteiger partial charge in [-0.2, -0.15) is 0 Å². The molecule has 6 nitrogen and oxygen atoms in total. The Labute approximate surface area is 235 Å². The van der Waals surface area contributed by atoms with Gasteiger partial charge in [0.05, 0.1) is 26.4 Å². The van der Waals surface area contributed by atoms with Gasteiger partial charge in [-0.15, -0.1) is 0 Å². The Morgan fingerprint density at radius 2 is 0.575 bits per heavy atom. The molecular weight excluding hydrogens is 504 g/mol. The summed E-state index contributed by atoms with van der Waals surface area (Å²) in [5.74, 6) is 0. The first kappa shape index (κ1) is 28.2. The third kappa shape index (κ3) is 7.43. The lowest BCUT2D eigenvalue weighted by Gasteiger charge is -2.47. The Morgan fingerprint density at radius 1 is 0.350 bits per heavy atom. The van der Waals surface area contributed by atoms with E-state index in [-0.39, 0.29) is 26.4 Å². The van der Waals surface area contributed by atoms with Crippen molar-refractivity contribution in [2.24, 2.45) is 0 Å². The first-order valence-corrected chi connectivity index (χ1v) is 13.7. The molecule has 0 saturated heterocycles. The van der Waals surface area contributed by atoms with Crippen LogP contribution in [0.25, 0.3) is 0 Å². The van der Waals surface area contributed by atoms with Crippen molar-refractivity contribution in [1.29, 1.82) is 0 Å². The van der Waals surface area contributed by atoms with Gasteiger partial charge in [0.15, 0.2) is 0 Å². The van der Waals surface area contributed by atoms with Crippen LogP contribution >= 0.6 is 0 Å². The summed E-state index contributed by atoms with van der Waals surface area (Å²) in [5, 5.41) is 22.7. The first-order chi connectivity index (χ1) is 19.7. The fraction of sp³-hybridized carbons (Fsp3) is 0.294. The van der Waals surface area contributed by atoms with Gasteiger partial charge in [-0.3, -0.25) is 0 Å². The maximum atomic E-state index is 11.4. The SMILES string of the molecule is O[C@@H]1[C@H](O)[C@H](OCc2ccccc2)[C@H](OCc2ccccc2)[C@@H](OCc2ccccc2)[C@@H]1OCc1ccccc1. The van der Waals surface area contributed by atoms with E-state index in [0.717, 1.165) is 22.3 Å². The molecule has 0 radical (unpaired) electrons. The molecule has 40 heavy (non-hydrogen) atoms. The van der Waals surface area contributed by atoms with Crippen molar-refractivity contribution < 1.29 is 29.2 Å². The Balaban J connectivity index is 1.42. The van der Waals surface area contributed by atoms with Crippen molar-refractivity contribution in [2.75, 3.05) is 0 Å². The molecule has 0 unspecified atom stereocenters. The molecule has 0 aliphatic heterocycles. The van der Waals surface area contributed by atoms with Crippen LogP contribution in [0.1, 0.15) is 22.3 Å². The summed E-state index contributed by atoms with van der Waals surface area (Å²) in [6.45, 7) is 1.08. The summed E-state index contributed by atoms with van der Waals surface area (Å²) >= 11 is 0. The molecule has 208 valence electrons. The van der Waals surface area contributed by atoms with Gasteiger partial charge >= 0.3 is 0 Å². The van der Waals surface area contributed by atoms with Gasteiger partial charge in [-0.1, -0.05) is 121 Å². The molecule has 4 aromatic carbocycles. The van der Waals surface area contributed by atoms with Crippen LogP contribution in [0, 0.1) is 0 Å². The van der Waals surface area contributed by atoms with E-state index in [4.69, 9.17) is 18.9 Å². The average Bonchev–Trinajstić information content (AvgIpc) is 3.01. The lowest BCUT2D eigenvalue weighted by molar-refractivity contribution is -0.273. The lowest BCUT2D eigenvalue weighted by Crippen LogP contribution is -2.66. The molecule has 1 aliphatic rings. The molecule has 6 atom stereocenters. The summed E-state index contributed by atoms with van der Waals surface area (Å²) in [7, 11) is 0. The molecule has 0 spiro atoms. The van der Waals surface area contributed by atoms with Gasteiger partial charge in [-0.25, -0.2) is 0 Å². The minimum Gasteiger partial charge on any atom is -0.387 e. The second kappa shape index (κ2) is 14.3. The Hall–Kier alpha value is -3.36. The van der Waals surface area contributed by atoms with Crippen molar-refractivity contribution >= 4 is 0 Å². The van der Waals surface area contributed by atoms with Crippen LogP contribution in [0.4, 0.5) is 0 Å². The number of ether oxygens (including phenoxy) is 4. The zero-order valence-corrected chi connectivity index (χ0v) is 22.4. The molecule has 0 bridgehead atoms. The number of aliphatic hydroxyl groups is 2. The topological polar surface area (TPSA) is 77.4 Å². The van der Waals surface area contributed by atoms with E-state index in [2.05, 4.69) is 0 Å². The van der Waals surface area contributed by atoms with Gasteiger partial charge in [-0.05, 0) is 22.3 Å². The average molecular weight is 541 g/mol. The maximum absolute atomic E-state index is 11.4. The van der Waals surface area contributed by atoms with E-state index in [1.165, 1.54) is 0 Å². The van der Waals surface area contributed by atoms with Gasteiger partial charge in [0.25, 0.3) is 0 Å². The van der Waals surface area contributed by atoms with Crippen LogP contribution < -0.4 is 0 Å². The van der Waals surface area contributed by atoms with E-state index < -0.39 is 36.6 Å². The Morgan fingerprint density at radius 3 is 0.825 bits per heavy atom. The highest BCUT2D eigenvalue weighted by atomic mass is 16.6. The minimum absolute atomic E-state index is 0.251. The second-order valence-electron chi connectivity index (χ2n) is 10.0. The monoisotopic (exact) mass is 540 g/mol. The highest BCUT2D eigenvalue weighted by molar-refractivity contribution is 5.17. The highest BCUT2D eigenvalue weighted by Crippen LogP contribution is 2.32. The normalized spacial score (nSPS) is 24.6. The molecule has 0 amide bonds. The fourth-order valence-corrected chi connectivity index (χ4v) is 4.98. The molecule has 6 heteroatoms. The van der Waals surface area contributed by atoms with E-state index in [9.17, 15) is 10.2 Å². The zero-order valence-electron chi connectivity index (χ0n) is 22.4. The van der Waals surface area contributed by atoms with Crippen molar-refractivity contribution in [2.45, 2.75) is 63.1 Å². The zero-order chi connectivity index (χ0) is 27.6. The van der Waals surface area contributed by atoms with Crippen LogP contribution in [-0.2, 0) is 45.4 Å². The molecule has 0 aromatic heterocycles. The summed E-state index contributed by atoms with van der Waals surface area (Å²) in [6, 6.07) is 39.1. The van der Waals surface area contributed by atoms with Gasteiger partial charge in [0.2, 0.25) is 0 Å². The largest absolute Gasteiger partial charge is 0.387 e. The van der Waals surface area contributed by atoms with Crippen LogP contribution in [0.2, 0.25) is 0 Å². The number of hydrogen-bond acceptors (Lipinski definition) is 6. The number of benzene rings is 4. The summed E-state index contributed by atoms with van der Waals surface area (Å²) in [5.41, 5.74) is 3.87. The predicted molar refractivity (Wildman–Crippen MR) is 152 cm³/mol. The van der Waals surface area contributed by atoms with E-state index >= 15 is 0 Å². The molecular formula is C34H36O6. The lowest BCUT2D eigenvalue weighted by atomic mass is 9.84. The number of hydrogen-bond donors (Lipinski definition) is 2. The molecule has 1 aliphatic carbocycles. The van der Waals surface area contributed by atoms with Crippen LogP contribution in [-0.4, -0.2) is 46.8 Å². The van der Waals surface area contributed by atoms with Gasteiger partial charge in [0.1, 0.15) is 36.6 Å². The first-order valence-electron chi connectivity index (χ1n) is 13.7. The summed E-state index contributed by atoms with van der Waals surface area (Å²) < 4.78 is 25.5. The molecule has 4 aromatic rings. The van der Waals surface area contributed by atoms with Gasteiger partial charge < -0.3 is 29.2 Å². The van der Waals surface area contributed by atoms with Crippen LogP contribution in [0.15, 0.2) is 121 Å². The van der Waals surface area contributed by atoms with Crippen molar-refractivity contribution in [3.05, 3.63) is 144 Å². The molecule has 0 heterocycles. The highest BCUT2D eigenvalue weighted by Gasteiger charge is 2.52. The predicted octanol–water partition coefficient (Wildman–Crippen LogP) is 5.06. The fourth-order valence-electron chi connectivity index (χ4n) is 4.98. The van der Waals surface area contributed by atoms with Gasteiger partial charge in [0, 0.05) is 0 Å². The third-order valence-corrected chi connectivity index (χ3v) is 7.14. The number of aliphatic hydroxyl groups excluding tert-OH is 2. The van der Waals surface area contributed by atoms with E-state index in [0.29, 0.717) is 0 Å². The summed E-state index contributed by atoms with van der Waals surface area (Å²) in [4.78, 5) is 0. The second-order valence-corrected chi connectivity index (χ2v) is 10.0. The van der Waals surface area contributed by atoms with Crippen molar-refractivity contribution in [3.63, 3.8) is 0 Å². The van der Waals surface area contributed by atoms with E-state index in [1.807, 2.05) is 121 Å². The van der Waals surface area contributed by atoms with Crippen LogP contribution in [0.3, 0.4) is 0 Å². The molecule has 2 N–H and O–H groups in total. The third-order valence-electron chi connectivity index (χ3n) is 7.14. The minimum atomic E-state index is -1.25. The molecule has 1 saturated carbocycles. The van der Waals surface area contributed by atoms with Crippen LogP contribution in [0.5, 0.6) is 0 Å². The van der Waals surface area contributed by atoms with Crippen molar-refractivity contribution in [1.82, 2.24) is 0 Å². The molecule has 5 rings (SSSR count). The standard InChI is InChI=1S/C34H36O6/c35-29-30(36)32(38-22-26-15-7-2-8-16-26)34(40-24-28-19-11-4-12-20-28)33(39-23-27-17-9-3-10-18-27)31(29)37-21-25-13-5-1-6-14-25/h1-20,29-36H,21-24H2/t29-,30+,31-,32+,33-,34-/m0/s1. The quantitative estimate of drug-likeness (QED) is 0.262. The molecule has 1 fully saturated rings. The Bertz CT molecular complexity index is 1150. The maximum Gasteiger partial charge on any atom is 0.116 e. The smallest absolute Gasteiger partial charge is 0.116 e. The van der Waals surface area contributed by atoms with Crippen molar-refractivity contribution in [3.8, 4) is 0 Å². The number of rotatable bonds is 12. The Kier molecular flexibility index (Phi) is 10.1. The summed E-state index contributed by atoms with van der Waals surface area (Å²) in [6.07, 6.45) is -5.63. The van der Waals surface area contributed by atoms with E-state index in [1.54, 1.807) is 0 Å².